The summed E-state index contributed by atoms with van der Waals surface area (Å²) in [5.74, 6) is -1.34. The Morgan fingerprint density at radius 2 is 1.74 bits per heavy atom. The highest BCUT2D eigenvalue weighted by molar-refractivity contribution is 6.30. The number of hydrogen-bond acceptors (Lipinski definition) is 3. The van der Waals surface area contributed by atoms with Gasteiger partial charge in [-0.25, -0.2) is 0 Å². The largest absolute Gasteiger partial charge is 0.325 e. The van der Waals surface area contributed by atoms with Gasteiger partial charge in [0, 0.05) is 10.7 Å². The van der Waals surface area contributed by atoms with Crippen molar-refractivity contribution in [1.29, 1.82) is 5.26 Å². The summed E-state index contributed by atoms with van der Waals surface area (Å²) in [7, 11) is 0. The summed E-state index contributed by atoms with van der Waals surface area (Å²) >= 11 is 5.80. The number of nitriles is 1. The molecule has 0 saturated carbocycles. The SMILES string of the molecule is CC(=O)C(Cc1ccc(C#N)cc1)C(=O)Nc1ccc(Cl)cc1. The Labute approximate surface area is 139 Å². The summed E-state index contributed by atoms with van der Waals surface area (Å²) in [6, 6.07) is 15.6. The van der Waals surface area contributed by atoms with Crippen LogP contribution >= 0.6 is 11.6 Å². The Kier molecular flexibility index (Phi) is 5.51. The molecule has 0 aliphatic carbocycles. The molecule has 0 saturated heterocycles. The number of halogens is 1. The highest BCUT2D eigenvalue weighted by atomic mass is 35.5. The highest BCUT2D eigenvalue weighted by Gasteiger charge is 2.23. The molecule has 116 valence electrons. The van der Waals surface area contributed by atoms with Gasteiger partial charge in [-0.1, -0.05) is 23.7 Å². The van der Waals surface area contributed by atoms with Crippen LogP contribution in [0.5, 0.6) is 0 Å². The van der Waals surface area contributed by atoms with E-state index in [9.17, 15) is 9.59 Å². The lowest BCUT2D eigenvalue weighted by Gasteiger charge is -2.14. The van der Waals surface area contributed by atoms with Crippen LogP contribution in [0, 0.1) is 17.2 Å². The standard InChI is InChI=1S/C18H15ClN2O2/c1-12(22)17(10-13-2-4-14(11-20)5-3-13)18(23)21-16-8-6-15(19)7-9-16/h2-9,17H,10H2,1H3,(H,21,23). The van der Waals surface area contributed by atoms with Crippen molar-refractivity contribution in [2.75, 3.05) is 5.32 Å². The monoisotopic (exact) mass is 326 g/mol. The zero-order chi connectivity index (χ0) is 16.8. The molecule has 0 radical (unpaired) electrons. The van der Waals surface area contributed by atoms with Crippen LogP contribution in [-0.4, -0.2) is 11.7 Å². The molecule has 2 aromatic rings. The van der Waals surface area contributed by atoms with Gasteiger partial charge in [-0.15, -0.1) is 0 Å². The molecule has 0 heterocycles. The number of hydrogen-bond donors (Lipinski definition) is 1. The van der Waals surface area contributed by atoms with E-state index in [1.54, 1.807) is 48.5 Å². The lowest BCUT2D eigenvalue weighted by atomic mass is 9.94. The minimum absolute atomic E-state index is 0.208. The first-order valence-corrected chi connectivity index (χ1v) is 7.43. The summed E-state index contributed by atoms with van der Waals surface area (Å²) < 4.78 is 0. The minimum atomic E-state index is -0.779. The Morgan fingerprint density at radius 1 is 1.13 bits per heavy atom. The van der Waals surface area contributed by atoms with Crippen molar-refractivity contribution in [3.8, 4) is 6.07 Å². The van der Waals surface area contributed by atoms with Gasteiger partial charge >= 0.3 is 0 Å². The van der Waals surface area contributed by atoms with Crippen LogP contribution in [0.4, 0.5) is 5.69 Å². The van der Waals surface area contributed by atoms with Crippen molar-refractivity contribution in [3.63, 3.8) is 0 Å². The number of ketones is 1. The van der Waals surface area contributed by atoms with Crippen molar-refractivity contribution in [1.82, 2.24) is 0 Å². The van der Waals surface area contributed by atoms with Gasteiger partial charge in [0.1, 0.15) is 11.7 Å². The average molecular weight is 327 g/mol. The van der Waals surface area contributed by atoms with E-state index in [-0.39, 0.29) is 11.7 Å². The normalized spacial score (nSPS) is 11.3. The molecule has 1 atom stereocenters. The predicted octanol–water partition coefficient (Wildman–Crippen LogP) is 3.60. The summed E-state index contributed by atoms with van der Waals surface area (Å²) in [5.41, 5.74) is 1.96. The molecular weight excluding hydrogens is 312 g/mol. The first-order valence-electron chi connectivity index (χ1n) is 7.05. The van der Waals surface area contributed by atoms with Crippen LogP contribution in [0.25, 0.3) is 0 Å². The van der Waals surface area contributed by atoms with Gasteiger partial charge in [-0.2, -0.15) is 5.26 Å². The van der Waals surface area contributed by atoms with E-state index >= 15 is 0 Å². The summed E-state index contributed by atoms with van der Waals surface area (Å²) in [5, 5.41) is 12.1. The van der Waals surface area contributed by atoms with E-state index < -0.39 is 5.92 Å². The number of rotatable bonds is 5. The second-order valence-electron chi connectivity index (χ2n) is 5.17. The zero-order valence-corrected chi connectivity index (χ0v) is 13.3. The maximum Gasteiger partial charge on any atom is 0.235 e. The van der Waals surface area contributed by atoms with Crippen molar-refractivity contribution in [2.45, 2.75) is 13.3 Å². The number of amides is 1. The number of carbonyl (C=O) groups excluding carboxylic acids is 2. The Hall–Kier alpha value is -2.64. The zero-order valence-electron chi connectivity index (χ0n) is 12.5. The van der Waals surface area contributed by atoms with Gasteiger partial charge in [0.15, 0.2) is 0 Å². The number of benzene rings is 2. The first kappa shape index (κ1) is 16.7. The molecule has 0 aliphatic heterocycles. The second-order valence-corrected chi connectivity index (χ2v) is 5.61. The molecular formula is C18H15ClN2O2. The van der Waals surface area contributed by atoms with Crippen molar-refractivity contribution >= 4 is 29.0 Å². The van der Waals surface area contributed by atoms with Crippen LogP contribution < -0.4 is 5.32 Å². The first-order chi connectivity index (χ1) is 11.0. The third kappa shape index (κ3) is 4.67. The maximum atomic E-state index is 12.3. The van der Waals surface area contributed by atoms with E-state index in [4.69, 9.17) is 16.9 Å². The Balaban J connectivity index is 2.10. The Morgan fingerprint density at radius 3 is 2.26 bits per heavy atom. The number of anilines is 1. The molecule has 2 rings (SSSR count). The van der Waals surface area contributed by atoms with Gasteiger partial charge in [-0.3, -0.25) is 9.59 Å². The van der Waals surface area contributed by atoms with E-state index in [0.29, 0.717) is 22.7 Å². The smallest absolute Gasteiger partial charge is 0.235 e. The highest BCUT2D eigenvalue weighted by Crippen LogP contribution is 2.17. The third-order valence-corrected chi connectivity index (χ3v) is 3.69. The van der Waals surface area contributed by atoms with Gasteiger partial charge in [0.2, 0.25) is 5.91 Å². The fourth-order valence-corrected chi connectivity index (χ4v) is 2.26. The van der Waals surface area contributed by atoms with Gasteiger partial charge in [0.05, 0.1) is 11.6 Å². The van der Waals surface area contributed by atoms with E-state index in [2.05, 4.69) is 5.32 Å². The van der Waals surface area contributed by atoms with Crippen molar-refractivity contribution < 1.29 is 9.59 Å². The fourth-order valence-electron chi connectivity index (χ4n) is 2.13. The number of Topliss-reactive ketones (excluding diaryl/α,β-unsaturated/α-hetero) is 1. The third-order valence-electron chi connectivity index (χ3n) is 3.44. The second kappa shape index (κ2) is 7.57. The predicted molar refractivity (Wildman–Crippen MR) is 89.1 cm³/mol. The summed E-state index contributed by atoms with van der Waals surface area (Å²) in [6.45, 7) is 1.40. The van der Waals surface area contributed by atoms with Crippen LogP contribution in [0.15, 0.2) is 48.5 Å². The molecule has 1 amide bonds. The molecule has 0 aliphatic rings. The molecule has 2 aromatic carbocycles. The number of nitrogens with zero attached hydrogens (tertiary/aromatic N) is 1. The minimum Gasteiger partial charge on any atom is -0.325 e. The van der Waals surface area contributed by atoms with Crippen molar-refractivity contribution in [2.24, 2.45) is 5.92 Å². The number of nitrogens with one attached hydrogen (secondary N) is 1. The fraction of sp³-hybridized carbons (Fsp3) is 0.167. The molecule has 0 spiro atoms. The summed E-state index contributed by atoms with van der Waals surface area (Å²) in [6.07, 6.45) is 0.292. The average Bonchev–Trinajstić information content (AvgIpc) is 2.55. The lowest BCUT2D eigenvalue weighted by Crippen LogP contribution is -2.30. The van der Waals surface area contributed by atoms with Gasteiger partial charge < -0.3 is 5.32 Å². The maximum absolute atomic E-state index is 12.3. The molecule has 0 aromatic heterocycles. The van der Waals surface area contributed by atoms with E-state index in [0.717, 1.165) is 5.56 Å². The molecule has 1 N–H and O–H groups in total. The molecule has 1 unspecified atom stereocenters. The summed E-state index contributed by atoms with van der Waals surface area (Å²) in [4.78, 5) is 24.2. The van der Waals surface area contributed by atoms with E-state index in [1.807, 2.05) is 6.07 Å². The van der Waals surface area contributed by atoms with E-state index in [1.165, 1.54) is 6.92 Å². The van der Waals surface area contributed by atoms with Crippen LogP contribution in [0.3, 0.4) is 0 Å². The topological polar surface area (TPSA) is 70.0 Å². The number of carbonyl (C=O) groups is 2. The molecule has 23 heavy (non-hydrogen) atoms. The molecule has 0 fully saturated rings. The van der Waals surface area contributed by atoms with Crippen molar-refractivity contribution in [3.05, 3.63) is 64.7 Å². The van der Waals surface area contributed by atoms with Gasteiger partial charge in [0.25, 0.3) is 0 Å². The van der Waals surface area contributed by atoms with Crippen LogP contribution in [0.2, 0.25) is 5.02 Å². The van der Waals surface area contributed by atoms with Gasteiger partial charge in [-0.05, 0) is 55.3 Å². The Bertz CT molecular complexity index is 746. The molecule has 4 nitrogen and oxygen atoms in total. The molecule has 0 bridgehead atoms. The van der Waals surface area contributed by atoms with Crippen LogP contribution in [0.1, 0.15) is 18.1 Å². The molecule has 5 heteroatoms. The lowest BCUT2D eigenvalue weighted by molar-refractivity contribution is -0.129. The quantitative estimate of drug-likeness (QED) is 0.853. The van der Waals surface area contributed by atoms with Crippen LogP contribution in [-0.2, 0) is 16.0 Å².